The maximum atomic E-state index is 12.2. The summed E-state index contributed by atoms with van der Waals surface area (Å²) in [5.74, 6) is -0.929. The van der Waals surface area contributed by atoms with Crippen LogP contribution in [0.15, 0.2) is 18.2 Å². The molecule has 21 heavy (non-hydrogen) atoms. The van der Waals surface area contributed by atoms with E-state index in [4.69, 9.17) is 0 Å². The van der Waals surface area contributed by atoms with E-state index in [9.17, 15) is 14.4 Å². The first-order chi connectivity index (χ1) is 10.0. The van der Waals surface area contributed by atoms with E-state index in [2.05, 4.69) is 22.9 Å². The predicted octanol–water partition coefficient (Wildman–Crippen LogP) is 0.897. The Balaban J connectivity index is 1.71. The third-order valence-corrected chi connectivity index (χ3v) is 4.04. The molecule has 2 heterocycles. The minimum absolute atomic E-state index is 0.0564. The van der Waals surface area contributed by atoms with Crippen LogP contribution in [0.25, 0.3) is 0 Å². The van der Waals surface area contributed by atoms with E-state index in [1.165, 1.54) is 0 Å². The molecule has 2 unspecified atom stereocenters. The quantitative estimate of drug-likeness (QED) is 0.705. The molecule has 1 aromatic rings. The number of fused-ring (bicyclic) bond motifs is 1. The van der Waals surface area contributed by atoms with Crippen molar-refractivity contribution in [2.24, 2.45) is 5.92 Å². The number of carbonyl (C=O) groups is 3. The smallest absolute Gasteiger partial charge is 0.259 e. The second-order valence-corrected chi connectivity index (χ2v) is 5.62. The molecular formula is C15H17N3O3. The van der Waals surface area contributed by atoms with Gasteiger partial charge in [0.2, 0.25) is 5.91 Å². The van der Waals surface area contributed by atoms with Gasteiger partial charge in [-0.15, -0.1) is 0 Å². The average molecular weight is 287 g/mol. The summed E-state index contributed by atoms with van der Waals surface area (Å²) in [6, 6.07) is 5.20. The van der Waals surface area contributed by atoms with E-state index >= 15 is 0 Å². The Morgan fingerprint density at radius 2 is 1.95 bits per heavy atom. The van der Waals surface area contributed by atoms with Crippen molar-refractivity contribution in [2.75, 3.05) is 11.9 Å². The van der Waals surface area contributed by atoms with Gasteiger partial charge in [-0.1, -0.05) is 0 Å². The van der Waals surface area contributed by atoms with Crippen molar-refractivity contribution < 1.29 is 14.4 Å². The Hall–Kier alpha value is -2.21. The first kappa shape index (κ1) is 13.8. The molecule has 3 rings (SSSR count). The Labute approximate surface area is 122 Å². The molecule has 0 bridgehead atoms. The molecule has 110 valence electrons. The zero-order chi connectivity index (χ0) is 15.0. The lowest BCUT2D eigenvalue weighted by atomic mass is 9.94. The zero-order valence-corrected chi connectivity index (χ0v) is 11.7. The number of imide groups is 1. The number of nitrogens with one attached hydrogen (secondary N) is 3. The Bertz CT molecular complexity index is 619. The summed E-state index contributed by atoms with van der Waals surface area (Å²) in [5, 5.41) is 8.34. The monoisotopic (exact) mass is 287 g/mol. The van der Waals surface area contributed by atoms with E-state index in [-0.39, 0.29) is 11.8 Å². The zero-order valence-electron chi connectivity index (χ0n) is 11.7. The lowest BCUT2D eigenvalue weighted by molar-refractivity contribution is -0.120. The van der Waals surface area contributed by atoms with Gasteiger partial charge in [0.05, 0.1) is 17.0 Å². The number of anilines is 1. The number of rotatable bonds is 2. The van der Waals surface area contributed by atoms with Crippen LogP contribution in [0.1, 0.15) is 40.5 Å². The molecule has 2 aliphatic rings. The van der Waals surface area contributed by atoms with Crippen LogP contribution >= 0.6 is 0 Å². The molecular weight excluding hydrogens is 270 g/mol. The molecule has 0 aromatic heterocycles. The fourth-order valence-electron chi connectivity index (χ4n) is 2.71. The first-order valence-electron chi connectivity index (χ1n) is 7.08. The Kier molecular flexibility index (Phi) is 3.47. The average Bonchev–Trinajstić information content (AvgIpc) is 2.74. The highest BCUT2D eigenvalue weighted by Gasteiger charge is 2.28. The molecule has 0 spiro atoms. The van der Waals surface area contributed by atoms with Gasteiger partial charge in [0, 0.05) is 18.3 Å². The van der Waals surface area contributed by atoms with E-state index in [1.807, 2.05) is 0 Å². The highest BCUT2D eigenvalue weighted by molar-refractivity contribution is 6.22. The van der Waals surface area contributed by atoms with Gasteiger partial charge in [0.1, 0.15) is 0 Å². The summed E-state index contributed by atoms with van der Waals surface area (Å²) in [6.07, 6.45) is 1.82. The molecule has 3 amide bonds. The Morgan fingerprint density at radius 1 is 1.19 bits per heavy atom. The molecule has 6 nitrogen and oxygen atoms in total. The van der Waals surface area contributed by atoms with Gasteiger partial charge in [0.25, 0.3) is 11.8 Å². The summed E-state index contributed by atoms with van der Waals surface area (Å²) in [6.45, 7) is 2.77. The number of benzene rings is 1. The summed E-state index contributed by atoms with van der Waals surface area (Å²) < 4.78 is 0. The van der Waals surface area contributed by atoms with Gasteiger partial charge in [-0.25, -0.2) is 0 Å². The minimum Gasteiger partial charge on any atom is -0.326 e. The van der Waals surface area contributed by atoms with Crippen molar-refractivity contribution in [3.8, 4) is 0 Å². The Morgan fingerprint density at radius 3 is 2.67 bits per heavy atom. The molecule has 1 aromatic carbocycles. The molecule has 0 radical (unpaired) electrons. The van der Waals surface area contributed by atoms with Gasteiger partial charge < -0.3 is 10.6 Å². The van der Waals surface area contributed by atoms with Crippen LogP contribution in [-0.4, -0.2) is 30.3 Å². The number of hydrogen-bond donors (Lipinski definition) is 3. The van der Waals surface area contributed by atoms with Gasteiger partial charge in [-0.2, -0.15) is 0 Å². The fourth-order valence-corrected chi connectivity index (χ4v) is 2.71. The second kappa shape index (κ2) is 5.29. The number of amides is 3. The van der Waals surface area contributed by atoms with Crippen LogP contribution in [0, 0.1) is 5.92 Å². The van der Waals surface area contributed by atoms with E-state index in [0.717, 1.165) is 12.8 Å². The van der Waals surface area contributed by atoms with Crippen molar-refractivity contribution in [1.29, 1.82) is 0 Å². The van der Waals surface area contributed by atoms with E-state index < -0.39 is 11.8 Å². The van der Waals surface area contributed by atoms with Crippen LogP contribution < -0.4 is 16.0 Å². The van der Waals surface area contributed by atoms with Crippen LogP contribution in [0.4, 0.5) is 5.69 Å². The standard InChI is InChI=1S/C15H17N3O3/c1-8-2-3-9(7-16-8)13(19)17-10-4-5-11-12(6-10)15(21)18-14(11)20/h4-6,8-9,16H,2-3,7H2,1H3,(H,17,19)(H,18,20,21). The molecule has 1 saturated heterocycles. The topological polar surface area (TPSA) is 87.3 Å². The lowest BCUT2D eigenvalue weighted by Gasteiger charge is -2.26. The molecule has 6 heteroatoms. The van der Waals surface area contributed by atoms with Gasteiger partial charge >= 0.3 is 0 Å². The normalized spacial score (nSPS) is 24.4. The predicted molar refractivity (Wildman–Crippen MR) is 77.1 cm³/mol. The summed E-state index contributed by atoms with van der Waals surface area (Å²) in [5.41, 5.74) is 1.21. The fraction of sp³-hybridized carbons (Fsp3) is 0.400. The third-order valence-electron chi connectivity index (χ3n) is 4.04. The van der Waals surface area contributed by atoms with E-state index in [1.54, 1.807) is 18.2 Å². The summed E-state index contributed by atoms with van der Waals surface area (Å²) in [7, 11) is 0. The lowest BCUT2D eigenvalue weighted by Crippen LogP contribution is -2.41. The van der Waals surface area contributed by atoms with Crippen LogP contribution in [0.5, 0.6) is 0 Å². The molecule has 0 aliphatic carbocycles. The van der Waals surface area contributed by atoms with Crippen molar-refractivity contribution in [1.82, 2.24) is 10.6 Å². The first-order valence-corrected chi connectivity index (χ1v) is 7.08. The number of hydrogen-bond acceptors (Lipinski definition) is 4. The maximum absolute atomic E-state index is 12.2. The third kappa shape index (κ3) is 2.67. The van der Waals surface area contributed by atoms with Crippen molar-refractivity contribution >= 4 is 23.4 Å². The van der Waals surface area contributed by atoms with Gasteiger partial charge in [0.15, 0.2) is 0 Å². The number of piperidine rings is 1. The molecule has 2 atom stereocenters. The van der Waals surface area contributed by atoms with Crippen molar-refractivity contribution in [3.05, 3.63) is 29.3 Å². The van der Waals surface area contributed by atoms with Gasteiger partial charge in [-0.3, -0.25) is 19.7 Å². The second-order valence-electron chi connectivity index (χ2n) is 5.62. The molecule has 2 aliphatic heterocycles. The van der Waals surface area contributed by atoms with Crippen LogP contribution in [0.3, 0.4) is 0 Å². The van der Waals surface area contributed by atoms with Crippen molar-refractivity contribution in [3.63, 3.8) is 0 Å². The van der Waals surface area contributed by atoms with E-state index in [0.29, 0.717) is 29.4 Å². The SMILES string of the molecule is CC1CCC(C(=O)Nc2ccc3c(c2)C(=O)NC3=O)CN1. The van der Waals surface area contributed by atoms with Crippen molar-refractivity contribution in [2.45, 2.75) is 25.8 Å². The largest absolute Gasteiger partial charge is 0.326 e. The number of carbonyl (C=O) groups excluding carboxylic acids is 3. The highest BCUT2D eigenvalue weighted by atomic mass is 16.2. The van der Waals surface area contributed by atoms with Crippen LogP contribution in [0.2, 0.25) is 0 Å². The van der Waals surface area contributed by atoms with Crippen LogP contribution in [-0.2, 0) is 4.79 Å². The van der Waals surface area contributed by atoms with Gasteiger partial charge in [-0.05, 0) is 38.0 Å². The highest BCUT2D eigenvalue weighted by Crippen LogP contribution is 2.22. The summed E-state index contributed by atoms with van der Waals surface area (Å²) in [4.78, 5) is 35.3. The summed E-state index contributed by atoms with van der Waals surface area (Å²) >= 11 is 0. The molecule has 1 fully saturated rings. The molecule has 0 saturated carbocycles. The minimum atomic E-state index is -0.417. The maximum Gasteiger partial charge on any atom is 0.259 e. The molecule has 3 N–H and O–H groups in total.